The number of pyridine rings is 1. The summed E-state index contributed by atoms with van der Waals surface area (Å²) in [7, 11) is 0. The minimum Gasteiger partial charge on any atom is -0.506 e. The standard InChI is InChI=1S/C17H11N7O2S2/c18-10-9-12-15(16(21-19)23-24-22-12)28-17(9)27-14(10)13(26)7-3-4-8(25)11-6(7)2-1-5-20-11/h1-5,25H,18-19H2,(H,21,22,23). The average Bonchev–Trinajstić information content (AvgIpc) is 3.24. The Labute approximate surface area is 164 Å². The summed E-state index contributed by atoms with van der Waals surface area (Å²) < 4.78 is 1.56. The normalized spacial score (nSPS) is 11.5. The van der Waals surface area contributed by atoms with Crippen LogP contribution in [-0.2, 0) is 0 Å². The molecule has 0 amide bonds. The number of aromatic nitrogens is 4. The van der Waals surface area contributed by atoms with Gasteiger partial charge in [-0.3, -0.25) is 9.78 Å². The number of nitrogen functional groups attached to an aromatic ring is 2. The molecule has 0 aliphatic heterocycles. The van der Waals surface area contributed by atoms with Gasteiger partial charge in [-0.1, -0.05) is 6.07 Å². The average molecular weight is 409 g/mol. The van der Waals surface area contributed by atoms with Gasteiger partial charge >= 0.3 is 0 Å². The van der Waals surface area contributed by atoms with Crippen LogP contribution in [0.15, 0.2) is 30.5 Å². The Balaban J connectivity index is 1.73. The fraction of sp³-hybridized carbons (Fsp3) is 0. The molecule has 0 radical (unpaired) electrons. The first-order valence-electron chi connectivity index (χ1n) is 8.02. The minimum atomic E-state index is -0.240. The van der Waals surface area contributed by atoms with Crippen molar-refractivity contribution in [2.24, 2.45) is 5.84 Å². The number of nitrogens with one attached hydrogen (secondary N) is 1. The van der Waals surface area contributed by atoms with Crippen LogP contribution in [0.5, 0.6) is 5.75 Å². The van der Waals surface area contributed by atoms with Crippen molar-refractivity contribution in [3.05, 3.63) is 40.9 Å². The van der Waals surface area contributed by atoms with Crippen LogP contribution in [0.2, 0.25) is 0 Å². The van der Waals surface area contributed by atoms with Crippen LogP contribution in [-0.4, -0.2) is 31.3 Å². The molecule has 0 fully saturated rings. The van der Waals surface area contributed by atoms with E-state index in [1.54, 1.807) is 24.4 Å². The predicted molar refractivity (Wildman–Crippen MR) is 110 cm³/mol. The molecule has 9 nitrogen and oxygen atoms in total. The molecule has 4 heterocycles. The summed E-state index contributed by atoms with van der Waals surface area (Å²) in [6.45, 7) is 0. The number of anilines is 2. The lowest BCUT2D eigenvalue weighted by Gasteiger charge is -2.06. The highest BCUT2D eigenvalue weighted by molar-refractivity contribution is 7.43. The molecule has 0 aliphatic rings. The molecule has 4 aromatic heterocycles. The van der Waals surface area contributed by atoms with Crippen LogP contribution in [0.25, 0.3) is 30.5 Å². The second kappa shape index (κ2) is 6.05. The van der Waals surface area contributed by atoms with Gasteiger partial charge in [0.25, 0.3) is 0 Å². The first-order valence-corrected chi connectivity index (χ1v) is 9.65. The number of hydrazine groups is 1. The zero-order chi connectivity index (χ0) is 19.4. The monoisotopic (exact) mass is 409 g/mol. The van der Waals surface area contributed by atoms with Crippen molar-refractivity contribution in [1.82, 2.24) is 20.4 Å². The molecule has 0 saturated carbocycles. The van der Waals surface area contributed by atoms with E-state index in [1.807, 2.05) is 0 Å². The summed E-state index contributed by atoms with van der Waals surface area (Å²) in [6, 6.07) is 6.49. The van der Waals surface area contributed by atoms with Gasteiger partial charge in [0.15, 0.2) is 5.82 Å². The molecule has 0 aliphatic carbocycles. The SMILES string of the molecule is NNc1nnnc2c1sc1sc(C(=O)c3ccc(O)c4ncccc34)c(N)c12. The number of nitrogens with two attached hydrogens (primary N) is 2. The maximum Gasteiger partial charge on any atom is 0.205 e. The van der Waals surface area contributed by atoms with E-state index < -0.39 is 0 Å². The van der Waals surface area contributed by atoms with Crippen molar-refractivity contribution >= 4 is 70.5 Å². The number of hydrogen-bond donors (Lipinski definition) is 4. The fourth-order valence-corrected chi connectivity index (χ4v) is 5.63. The Hall–Kier alpha value is -3.41. The number of rotatable bonds is 3. The highest BCUT2D eigenvalue weighted by Crippen LogP contribution is 2.45. The van der Waals surface area contributed by atoms with Crippen molar-refractivity contribution in [2.45, 2.75) is 0 Å². The quantitative estimate of drug-likeness (QED) is 0.200. The predicted octanol–water partition coefficient (Wildman–Crippen LogP) is 2.65. The molecule has 0 bridgehead atoms. The Kier molecular flexibility index (Phi) is 3.62. The number of fused-ring (bicyclic) bond motifs is 4. The van der Waals surface area contributed by atoms with E-state index in [2.05, 4.69) is 25.8 Å². The number of benzene rings is 1. The third kappa shape index (κ3) is 2.24. The third-order valence-electron chi connectivity index (χ3n) is 4.40. The lowest BCUT2D eigenvalue weighted by atomic mass is 10.0. The van der Waals surface area contributed by atoms with E-state index in [4.69, 9.17) is 11.6 Å². The third-order valence-corrected chi connectivity index (χ3v) is 6.88. The molecule has 6 N–H and O–H groups in total. The van der Waals surface area contributed by atoms with E-state index in [1.165, 1.54) is 28.7 Å². The van der Waals surface area contributed by atoms with Crippen molar-refractivity contribution in [3.63, 3.8) is 0 Å². The van der Waals surface area contributed by atoms with Crippen molar-refractivity contribution in [3.8, 4) is 5.75 Å². The molecule has 0 atom stereocenters. The van der Waals surface area contributed by atoms with E-state index in [9.17, 15) is 9.90 Å². The fourth-order valence-electron chi connectivity index (χ4n) is 3.13. The number of ketones is 1. The zero-order valence-corrected chi connectivity index (χ0v) is 15.6. The molecule has 0 unspecified atom stereocenters. The Morgan fingerprint density at radius 3 is 2.82 bits per heavy atom. The van der Waals surface area contributed by atoms with Gasteiger partial charge in [-0.15, -0.1) is 32.9 Å². The van der Waals surface area contributed by atoms with Crippen LogP contribution < -0.4 is 17.0 Å². The second-order valence-corrected chi connectivity index (χ2v) is 8.23. The van der Waals surface area contributed by atoms with Crippen LogP contribution in [0.3, 0.4) is 0 Å². The van der Waals surface area contributed by atoms with E-state index >= 15 is 0 Å². The summed E-state index contributed by atoms with van der Waals surface area (Å²) in [4.78, 5) is 17.8. The maximum absolute atomic E-state index is 13.3. The minimum absolute atomic E-state index is 0.0165. The lowest BCUT2D eigenvalue weighted by Crippen LogP contribution is -2.09. The number of phenols is 1. The summed E-state index contributed by atoms with van der Waals surface area (Å²) in [6.07, 6.45) is 1.56. The van der Waals surface area contributed by atoms with E-state index in [-0.39, 0.29) is 11.5 Å². The Morgan fingerprint density at radius 2 is 2.00 bits per heavy atom. The molecule has 138 valence electrons. The van der Waals surface area contributed by atoms with Crippen LogP contribution in [0.4, 0.5) is 11.5 Å². The van der Waals surface area contributed by atoms with E-state index in [0.29, 0.717) is 43.8 Å². The van der Waals surface area contributed by atoms with Gasteiger partial charge < -0.3 is 16.3 Å². The molecular weight excluding hydrogens is 398 g/mol. The Bertz CT molecular complexity index is 1410. The summed E-state index contributed by atoms with van der Waals surface area (Å²) in [5.74, 6) is 5.66. The summed E-state index contributed by atoms with van der Waals surface area (Å²) >= 11 is 2.67. The zero-order valence-electron chi connectivity index (χ0n) is 14.0. The largest absolute Gasteiger partial charge is 0.506 e. The number of thiophene rings is 2. The van der Waals surface area contributed by atoms with Gasteiger partial charge in [0.1, 0.15) is 26.4 Å². The highest BCUT2D eigenvalue weighted by atomic mass is 32.2. The van der Waals surface area contributed by atoms with Crippen LogP contribution in [0, 0.1) is 0 Å². The van der Waals surface area contributed by atoms with Gasteiger partial charge in [0, 0.05) is 17.1 Å². The van der Waals surface area contributed by atoms with Crippen molar-refractivity contribution in [1.29, 1.82) is 0 Å². The number of carbonyl (C=O) groups is 1. The van der Waals surface area contributed by atoms with Gasteiger partial charge in [-0.25, -0.2) is 5.84 Å². The van der Waals surface area contributed by atoms with Gasteiger partial charge in [0.2, 0.25) is 5.78 Å². The van der Waals surface area contributed by atoms with Gasteiger partial charge in [-0.2, -0.15) is 0 Å². The molecule has 5 aromatic rings. The molecular formula is C17H11N7O2S2. The van der Waals surface area contributed by atoms with Crippen LogP contribution in [0.1, 0.15) is 15.2 Å². The topological polar surface area (TPSA) is 153 Å². The molecule has 28 heavy (non-hydrogen) atoms. The van der Waals surface area contributed by atoms with Gasteiger partial charge in [-0.05, 0) is 23.4 Å². The molecule has 1 aromatic carbocycles. The Morgan fingerprint density at radius 1 is 1.14 bits per heavy atom. The molecule has 5 rings (SSSR count). The summed E-state index contributed by atoms with van der Waals surface area (Å²) in [5, 5.41) is 22.9. The molecule has 11 heteroatoms. The van der Waals surface area contributed by atoms with Crippen molar-refractivity contribution in [2.75, 3.05) is 11.2 Å². The van der Waals surface area contributed by atoms with Crippen molar-refractivity contribution < 1.29 is 9.90 Å². The maximum atomic E-state index is 13.3. The number of hydrogen-bond acceptors (Lipinski definition) is 11. The smallest absolute Gasteiger partial charge is 0.205 e. The highest BCUT2D eigenvalue weighted by Gasteiger charge is 2.25. The summed E-state index contributed by atoms with van der Waals surface area (Å²) in [5.41, 5.74) is 10.5. The number of carbonyl (C=O) groups excluding carboxylic acids is 1. The van der Waals surface area contributed by atoms with E-state index in [0.717, 1.165) is 8.71 Å². The number of phenolic OH excluding ortho intramolecular Hbond substituents is 1. The van der Waals surface area contributed by atoms with Crippen LogP contribution >= 0.6 is 22.7 Å². The first kappa shape index (κ1) is 16.7. The first-order chi connectivity index (χ1) is 13.6. The number of nitrogens with zero attached hydrogens (tertiary/aromatic N) is 4. The lowest BCUT2D eigenvalue weighted by molar-refractivity contribution is 0.104. The molecule has 0 spiro atoms. The second-order valence-electron chi connectivity index (χ2n) is 5.93. The number of aromatic hydroxyl groups is 1. The molecule has 0 saturated heterocycles. The van der Waals surface area contributed by atoms with Gasteiger partial charge in [0.05, 0.1) is 15.1 Å².